The van der Waals surface area contributed by atoms with Gasteiger partial charge in [-0.15, -0.1) is 0 Å². The van der Waals surface area contributed by atoms with Gasteiger partial charge in [0.1, 0.15) is 17.5 Å². The number of amides is 3. The average Bonchev–Trinajstić information content (AvgIpc) is 2.95. The van der Waals surface area contributed by atoms with Gasteiger partial charge in [0.15, 0.2) is 0 Å². The molecule has 1 aliphatic carbocycles. The van der Waals surface area contributed by atoms with Crippen molar-refractivity contribution in [3.05, 3.63) is 17.0 Å². The van der Waals surface area contributed by atoms with E-state index in [4.69, 9.17) is 4.52 Å². The fourth-order valence-corrected chi connectivity index (χ4v) is 2.73. The lowest BCUT2D eigenvalue weighted by Gasteiger charge is -2.13. The molecule has 0 bridgehead atoms. The molecule has 6 heteroatoms. The minimum absolute atomic E-state index is 0.167. The summed E-state index contributed by atoms with van der Waals surface area (Å²) in [4.78, 5) is 25.0. The van der Waals surface area contributed by atoms with Crippen LogP contribution in [0.1, 0.15) is 43.2 Å². The van der Waals surface area contributed by atoms with E-state index in [1.54, 1.807) is 0 Å². The maximum Gasteiger partial charge on any atom is 0.325 e. The van der Waals surface area contributed by atoms with Crippen molar-refractivity contribution in [1.82, 2.24) is 15.4 Å². The first-order chi connectivity index (χ1) is 9.20. The van der Waals surface area contributed by atoms with Crippen LogP contribution in [0.5, 0.6) is 0 Å². The van der Waals surface area contributed by atoms with Crippen molar-refractivity contribution in [2.75, 3.05) is 0 Å². The molecule has 1 saturated heterocycles. The highest BCUT2D eigenvalue weighted by molar-refractivity contribution is 6.04. The van der Waals surface area contributed by atoms with Gasteiger partial charge in [0.2, 0.25) is 0 Å². The van der Waals surface area contributed by atoms with Crippen LogP contribution in [0.4, 0.5) is 4.79 Å². The fourth-order valence-electron chi connectivity index (χ4n) is 2.73. The van der Waals surface area contributed by atoms with Gasteiger partial charge in [-0.3, -0.25) is 9.69 Å². The van der Waals surface area contributed by atoms with E-state index in [9.17, 15) is 9.59 Å². The molecular weight excluding hydrogens is 246 g/mol. The molecule has 6 nitrogen and oxygen atoms in total. The highest BCUT2D eigenvalue weighted by Crippen LogP contribution is 2.25. The maximum atomic E-state index is 12.0. The van der Waals surface area contributed by atoms with E-state index in [0.717, 1.165) is 42.7 Å². The second-order valence-electron chi connectivity index (χ2n) is 5.07. The summed E-state index contributed by atoms with van der Waals surface area (Å²) in [6, 6.07) is -0.723. The zero-order valence-electron chi connectivity index (χ0n) is 10.9. The molecule has 3 amide bonds. The number of hydrogen-bond donors (Lipinski definition) is 1. The summed E-state index contributed by atoms with van der Waals surface area (Å²) in [6.07, 6.45) is 4.66. The molecule has 0 radical (unpaired) electrons. The van der Waals surface area contributed by atoms with Crippen LogP contribution >= 0.6 is 0 Å². The molecule has 1 aliphatic heterocycles. The lowest BCUT2D eigenvalue weighted by Crippen LogP contribution is -2.31. The second kappa shape index (κ2) is 4.68. The summed E-state index contributed by atoms with van der Waals surface area (Å²) in [6.45, 7) is 2.10. The highest BCUT2D eigenvalue weighted by Gasteiger charge is 2.37. The van der Waals surface area contributed by atoms with Crippen LogP contribution in [0.25, 0.3) is 0 Å². The molecule has 3 rings (SSSR count). The Morgan fingerprint density at radius 1 is 1.37 bits per heavy atom. The molecule has 1 fully saturated rings. The van der Waals surface area contributed by atoms with E-state index in [2.05, 4.69) is 10.5 Å². The van der Waals surface area contributed by atoms with Crippen molar-refractivity contribution in [3.8, 4) is 0 Å². The fraction of sp³-hybridized carbons (Fsp3) is 0.615. The van der Waals surface area contributed by atoms with E-state index in [-0.39, 0.29) is 18.5 Å². The normalized spacial score (nSPS) is 22.6. The number of fused-ring (bicyclic) bond motifs is 1. The first-order valence-electron chi connectivity index (χ1n) is 6.79. The summed E-state index contributed by atoms with van der Waals surface area (Å²) >= 11 is 0. The first-order valence-corrected chi connectivity index (χ1v) is 6.79. The molecular formula is C13H17N3O3. The van der Waals surface area contributed by atoms with Gasteiger partial charge in [0, 0.05) is 12.0 Å². The van der Waals surface area contributed by atoms with Gasteiger partial charge in [0.25, 0.3) is 5.91 Å². The number of aromatic nitrogens is 1. The molecule has 1 atom stereocenters. The van der Waals surface area contributed by atoms with Crippen LogP contribution in [0.3, 0.4) is 0 Å². The SMILES string of the molecule is CCC1NC(=O)N(Cc2noc3c2CCCC3)C1=O. The van der Waals surface area contributed by atoms with Crippen molar-refractivity contribution < 1.29 is 14.1 Å². The molecule has 2 aliphatic rings. The molecule has 0 spiro atoms. The largest absolute Gasteiger partial charge is 0.361 e. The Bertz CT molecular complexity index is 523. The number of rotatable bonds is 3. The molecule has 1 unspecified atom stereocenters. The quantitative estimate of drug-likeness (QED) is 0.836. The topological polar surface area (TPSA) is 75.4 Å². The van der Waals surface area contributed by atoms with Crippen LogP contribution in [-0.4, -0.2) is 28.0 Å². The van der Waals surface area contributed by atoms with Crippen molar-refractivity contribution in [3.63, 3.8) is 0 Å². The zero-order chi connectivity index (χ0) is 13.4. The number of carbonyl (C=O) groups excluding carboxylic acids is 2. The number of hydrogen-bond acceptors (Lipinski definition) is 4. The monoisotopic (exact) mass is 263 g/mol. The summed E-state index contributed by atoms with van der Waals surface area (Å²) in [5, 5.41) is 6.71. The standard InChI is InChI=1S/C13H17N3O3/c1-2-9-12(17)16(13(18)14-9)7-10-8-5-3-4-6-11(8)19-15-10/h9H,2-7H2,1H3,(H,14,18). The first kappa shape index (κ1) is 12.2. The molecule has 19 heavy (non-hydrogen) atoms. The lowest BCUT2D eigenvalue weighted by atomic mass is 9.96. The number of carbonyl (C=O) groups is 2. The van der Waals surface area contributed by atoms with Crippen molar-refractivity contribution in [2.24, 2.45) is 0 Å². The van der Waals surface area contributed by atoms with Gasteiger partial charge >= 0.3 is 6.03 Å². The molecule has 2 heterocycles. The smallest absolute Gasteiger partial charge is 0.325 e. The van der Waals surface area contributed by atoms with Crippen LogP contribution in [0.2, 0.25) is 0 Å². The van der Waals surface area contributed by atoms with Crippen LogP contribution in [0, 0.1) is 0 Å². The number of aryl methyl sites for hydroxylation is 1. The lowest BCUT2D eigenvalue weighted by molar-refractivity contribution is -0.127. The van der Waals surface area contributed by atoms with Crippen LogP contribution < -0.4 is 5.32 Å². The van der Waals surface area contributed by atoms with Crippen molar-refractivity contribution in [2.45, 2.75) is 51.6 Å². The Kier molecular flexibility index (Phi) is 3.00. The molecule has 1 N–H and O–H groups in total. The Morgan fingerprint density at radius 3 is 2.89 bits per heavy atom. The summed E-state index contributed by atoms with van der Waals surface area (Å²) in [7, 11) is 0. The Balaban J connectivity index is 1.80. The van der Waals surface area contributed by atoms with Gasteiger partial charge in [-0.1, -0.05) is 12.1 Å². The van der Waals surface area contributed by atoms with E-state index >= 15 is 0 Å². The van der Waals surface area contributed by atoms with Gasteiger partial charge in [-0.25, -0.2) is 4.79 Å². The molecule has 0 saturated carbocycles. The minimum Gasteiger partial charge on any atom is -0.361 e. The Hall–Kier alpha value is -1.85. The zero-order valence-corrected chi connectivity index (χ0v) is 10.9. The number of urea groups is 1. The highest BCUT2D eigenvalue weighted by atomic mass is 16.5. The van der Waals surface area contributed by atoms with E-state index < -0.39 is 6.04 Å². The van der Waals surface area contributed by atoms with E-state index in [1.807, 2.05) is 6.92 Å². The van der Waals surface area contributed by atoms with Gasteiger partial charge in [-0.05, 0) is 25.7 Å². The van der Waals surface area contributed by atoms with Crippen molar-refractivity contribution >= 4 is 11.9 Å². The Labute approximate surface area is 111 Å². The average molecular weight is 263 g/mol. The molecule has 1 aromatic heterocycles. The molecule has 0 aromatic carbocycles. The number of nitrogens with one attached hydrogen (secondary N) is 1. The third-order valence-electron chi connectivity index (χ3n) is 3.85. The second-order valence-corrected chi connectivity index (χ2v) is 5.07. The Morgan fingerprint density at radius 2 is 2.16 bits per heavy atom. The summed E-state index contributed by atoms with van der Waals surface area (Å²) in [5.41, 5.74) is 1.82. The summed E-state index contributed by atoms with van der Waals surface area (Å²) < 4.78 is 5.30. The maximum absolute atomic E-state index is 12.0. The minimum atomic E-state index is -0.393. The molecule has 1 aromatic rings. The number of imide groups is 1. The van der Waals surface area contributed by atoms with Gasteiger partial charge in [0.05, 0.1) is 6.54 Å². The van der Waals surface area contributed by atoms with Crippen LogP contribution in [0.15, 0.2) is 4.52 Å². The van der Waals surface area contributed by atoms with Crippen LogP contribution in [-0.2, 0) is 24.2 Å². The number of nitrogens with zero attached hydrogens (tertiary/aromatic N) is 2. The summed E-state index contributed by atoms with van der Waals surface area (Å²) in [5.74, 6) is 0.750. The molecule has 102 valence electrons. The predicted molar refractivity (Wildman–Crippen MR) is 66.3 cm³/mol. The van der Waals surface area contributed by atoms with Gasteiger partial charge in [-0.2, -0.15) is 0 Å². The predicted octanol–water partition coefficient (Wildman–Crippen LogP) is 1.38. The van der Waals surface area contributed by atoms with Gasteiger partial charge < -0.3 is 9.84 Å². The van der Waals surface area contributed by atoms with Crippen molar-refractivity contribution in [1.29, 1.82) is 0 Å². The third-order valence-corrected chi connectivity index (χ3v) is 3.85. The van der Waals surface area contributed by atoms with E-state index in [0.29, 0.717) is 6.42 Å². The van der Waals surface area contributed by atoms with E-state index in [1.165, 1.54) is 4.90 Å². The third kappa shape index (κ3) is 2.01.